The molecule has 0 aromatic heterocycles. The lowest BCUT2D eigenvalue weighted by Gasteiger charge is -2.27. The number of hydrogen-bond acceptors (Lipinski definition) is 6. The van der Waals surface area contributed by atoms with E-state index >= 15 is 0 Å². The zero-order valence-electron chi connectivity index (χ0n) is 53.0. The minimum absolute atomic E-state index is 0.0207. The molecule has 0 aliphatic rings. The monoisotopic (exact) mass is 1150 g/mol. The summed E-state index contributed by atoms with van der Waals surface area (Å²) in [4.78, 5) is 37.7. The first-order valence-electron chi connectivity index (χ1n) is 32.9. The van der Waals surface area contributed by atoms with Crippen molar-refractivity contribution in [3.8, 4) is 0 Å². The Bertz CT molecular complexity index is 1800. The second-order valence-corrected chi connectivity index (χ2v) is 24.4. The van der Waals surface area contributed by atoms with Crippen molar-refractivity contribution in [1.82, 2.24) is 5.32 Å². The van der Waals surface area contributed by atoms with Gasteiger partial charge in [-0.25, -0.2) is 4.57 Å². The number of carbonyl (C=O) groups is 2. The summed E-state index contributed by atoms with van der Waals surface area (Å²) in [6.45, 7) is 6.80. The van der Waals surface area contributed by atoms with E-state index < -0.39 is 20.0 Å². The van der Waals surface area contributed by atoms with E-state index in [1.807, 2.05) is 39.4 Å². The van der Waals surface area contributed by atoms with Gasteiger partial charge in [0.25, 0.3) is 0 Å². The summed E-state index contributed by atoms with van der Waals surface area (Å²) in [5.41, 5.74) is 0. The summed E-state index contributed by atoms with van der Waals surface area (Å²) >= 11 is 0. The molecule has 464 valence electrons. The molecule has 0 rings (SSSR count). The van der Waals surface area contributed by atoms with Crippen molar-refractivity contribution >= 4 is 19.7 Å². The molecule has 0 aliphatic heterocycles. The van der Waals surface area contributed by atoms with Gasteiger partial charge in [0.2, 0.25) is 5.91 Å². The first-order valence-corrected chi connectivity index (χ1v) is 34.4. The molecule has 2 N–H and O–H groups in total. The van der Waals surface area contributed by atoms with Crippen molar-refractivity contribution in [2.24, 2.45) is 0 Å². The van der Waals surface area contributed by atoms with Crippen LogP contribution in [0.1, 0.15) is 265 Å². The number of carbonyl (C=O) groups excluding carboxylic acids is 2. The largest absolute Gasteiger partial charge is 0.472 e. The maximum absolute atomic E-state index is 13.5. The average molecular weight is 1150 g/mol. The zero-order chi connectivity index (χ0) is 59.3. The van der Waals surface area contributed by atoms with Gasteiger partial charge in [0.05, 0.1) is 33.8 Å². The van der Waals surface area contributed by atoms with Crippen LogP contribution in [0, 0.1) is 0 Å². The van der Waals surface area contributed by atoms with E-state index in [1.54, 1.807) is 0 Å². The molecule has 81 heavy (non-hydrogen) atoms. The molecule has 0 radical (unpaired) electrons. The number of amides is 1. The third-order valence-corrected chi connectivity index (χ3v) is 14.9. The molecule has 0 saturated carbocycles. The first-order chi connectivity index (χ1) is 39.4. The molecule has 0 fully saturated rings. The lowest BCUT2D eigenvalue weighted by Crippen LogP contribution is -2.47. The molecule has 0 aliphatic carbocycles. The molecular formula is C71H124N2O7P+. The van der Waals surface area contributed by atoms with Crippen LogP contribution in [0.2, 0.25) is 0 Å². The van der Waals surface area contributed by atoms with Crippen molar-refractivity contribution in [1.29, 1.82) is 0 Å². The standard InChI is InChI=1S/C71H123N2O7P/c1-7-10-13-16-19-22-25-27-29-31-33-34-35-36-37-38-40-42-44-46-49-52-55-58-61-64-71(75)80-69(62-59-56-53-50-47-24-21-18-15-12-9-3)68(67-79-81(76,77)78-66-65-73(4,5)6)72-70(74)63-60-57-54-51-48-45-43-41-39-32-30-28-26-23-20-17-14-11-8-2/h11,14,19-20,22-23,27-30,33-34,39,41,45,48,54,57,59,62,68-69H,7-10,12-13,15-18,21,24-26,31-32,35-38,40,42-44,46-47,49-53,55-56,58,60-61,63-67H2,1-6H3,(H-,72,74,76,77)/p+1/b14-11-,22-19-,23-20-,29-27-,30-28-,34-33-,41-39-,48-45-,57-54-,62-59-. The van der Waals surface area contributed by atoms with Crippen LogP contribution in [0.15, 0.2) is 122 Å². The zero-order valence-corrected chi connectivity index (χ0v) is 53.9. The van der Waals surface area contributed by atoms with Gasteiger partial charge in [0, 0.05) is 12.8 Å². The van der Waals surface area contributed by atoms with Crippen LogP contribution in [0.3, 0.4) is 0 Å². The number of ether oxygens (including phenoxy) is 1. The number of unbranched alkanes of at least 4 members (excludes halogenated alkanes) is 24. The van der Waals surface area contributed by atoms with Crippen molar-refractivity contribution in [3.05, 3.63) is 122 Å². The van der Waals surface area contributed by atoms with E-state index in [-0.39, 0.29) is 37.9 Å². The molecule has 0 bridgehead atoms. The molecule has 0 spiro atoms. The van der Waals surface area contributed by atoms with Crippen molar-refractivity contribution in [3.63, 3.8) is 0 Å². The minimum Gasteiger partial charge on any atom is -0.456 e. The van der Waals surface area contributed by atoms with E-state index in [2.05, 4.69) is 129 Å². The summed E-state index contributed by atoms with van der Waals surface area (Å²) in [6.07, 6.45) is 83.7. The summed E-state index contributed by atoms with van der Waals surface area (Å²) in [5.74, 6) is -0.610. The van der Waals surface area contributed by atoms with Crippen molar-refractivity contribution in [2.45, 2.75) is 277 Å². The fourth-order valence-electron chi connectivity index (χ4n) is 8.85. The summed E-state index contributed by atoms with van der Waals surface area (Å²) < 4.78 is 30.7. The number of phosphoric ester groups is 1. The highest BCUT2D eigenvalue weighted by Gasteiger charge is 2.30. The van der Waals surface area contributed by atoms with Gasteiger partial charge in [0.1, 0.15) is 19.3 Å². The van der Waals surface area contributed by atoms with Gasteiger partial charge in [-0.05, 0) is 109 Å². The number of likely N-dealkylation sites (N-methyl/N-ethyl adjacent to an activating group) is 1. The van der Waals surface area contributed by atoms with E-state index in [0.29, 0.717) is 17.4 Å². The van der Waals surface area contributed by atoms with E-state index in [0.717, 1.165) is 89.9 Å². The Morgan fingerprint density at radius 3 is 1.23 bits per heavy atom. The maximum Gasteiger partial charge on any atom is 0.472 e. The van der Waals surface area contributed by atoms with Gasteiger partial charge in [-0.1, -0.05) is 265 Å². The number of nitrogens with one attached hydrogen (secondary N) is 1. The van der Waals surface area contributed by atoms with Gasteiger partial charge in [-0.3, -0.25) is 18.6 Å². The predicted molar refractivity (Wildman–Crippen MR) is 350 cm³/mol. The Hall–Kier alpha value is -3.59. The Morgan fingerprint density at radius 1 is 0.444 bits per heavy atom. The molecule has 0 saturated heterocycles. The third-order valence-electron chi connectivity index (χ3n) is 13.9. The molecule has 9 nitrogen and oxygen atoms in total. The topological polar surface area (TPSA) is 111 Å². The number of esters is 1. The molecule has 0 heterocycles. The van der Waals surface area contributed by atoms with Crippen molar-refractivity contribution < 1.29 is 37.3 Å². The number of quaternary nitrogens is 1. The van der Waals surface area contributed by atoms with Crippen LogP contribution in [0.25, 0.3) is 0 Å². The minimum atomic E-state index is -4.48. The van der Waals surface area contributed by atoms with Crippen LogP contribution >= 0.6 is 7.82 Å². The SMILES string of the molecule is CC/C=C\C/C=C\C/C=C\C/C=C\C/C=C\C/C=C\CCC(=O)NC(COP(=O)(O)OCC[N+](C)(C)C)C(/C=C\CCCCCCCCCCC)OC(=O)CCCCCCCCCCCCCC/C=C\C/C=C\C/C=C\CCCCC. The van der Waals surface area contributed by atoms with E-state index in [9.17, 15) is 19.0 Å². The lowest BCUT2D eigenvalue weighted by molar-refractivity contribution is -0.870. The number of phosphoric acid groups is 1. The van der Waals surface area contributed by atoms with E-state index in [1.165, 1.54) is 135 Å². The highest BCUT2D eigenvalue weighted by molar-refractivity contribution is 7.47. The first kappa shape index (κ1) is 77.4. The molecule has 0 aromatic carbocycles. The molecule has 3 unspecified atom stereocenters. The van der Waals surface area contributed by atoms with Gasteiger partial charge >= 0.3 is 13.8 Å². The molecule has 10 heteroatoms. The van der Waals surface area contributed by atoms with Crippen LogP contribution in [-0.2, 0) is 27.9 Å². The molecular weight excluding hydrogens is 1020 g/mol. The Kier molecular flexibility index (Phi) is 56.9. The summed E-state index contributed by atoms with van der Waals surface area (Å²) in [7, 11) is 1.44. The predicted octanol–water partition coefficient (Wildman–Crippen LogP) is 20.7. The van der Waals surface area contributed by atoms with Crippen LogP contribution < -0.4 is 5.32 Å². The normalized spacial score (nSPS) is 14.4. The maximum atomic E-state index is 13.5. The number of rotatable bonds is 58. The quantitative estimate of drug-likeness (QED) is 0.0205. The molecule has 3 atom stereocenters. The average Bonchev–Trinajstić information content (AvgIpc) is 3.43. The van der Waals surface area contributed by atoms with Crippen LogP contribution in [0.5, 0.6) is 0 Å². The van der Waals surface area contributed by atoms with Gasteiger partial charge in [0.15, 0.2) is 0 Å². The fourth-order valence-corrected chi connectivity index (χ4v) is 9.59. The number of allylic oxidation sites excluding steroid dienone is 19. The summed E-state index contributed by atoms with van der Waals surface area (Å²) in [5, 5.41) is 3.01. The highest BCUT2D eigenvalue weighted by atomic mass is 31.2. The molecule has 1 amide bonds. The summed E-state index contributed by atoms with van der Waals surface area (Å²) in [6, 6.07) is -0.897. The number of nitrogens with zero attached hydrogens (tertiary/aromatic N) is 1. The highest BCUT2D eigenvalue weighted by Crippen LogP contribution is 2.43. The van der Waals surface area contributed by atoms with Crippen LogP contribution in [0.4, 0.5) is 0 Å². The lowest BCUT2D eigenvalue weighted by atomic mass is 10.0. The van der Waals surface area contributed by atoms with Crippen molar-refractivity contribution in [2.75, 3.05) is 40.9 Å². The fraction of sp³-hybridized carbons (Fsp3) is 0.690. The Morgan fingerprint density at radius 2 is 0.802 bits per heavy atom. The van der Waals surface area contributed by atoms with E-state index in [4.69, 9.17) is 13.8 Å². The van der Waals surface area contributed by atoms with Gasteiger partial charge in [-0.2, -0.15) is 0 Å². The third kappa shape index (κ3) is 60.8. The Labute approximate surface area is 499 Å². The second-order valence-electron chi connectivity index (χ2n) is 22.9. The smallest absolute Gasteiger partial charge is 0.456 e. The molecule has 0 aromatic rings. The second kappa shape index (κ2) is 59.6. The number of hydrogen-bond donors (Lipinski definition) is 2. The van der Waals surface area contributed by atoms with Gasteiger partial charge < -0.3 is 19.4 Å². The van der Waals surface area contributed by atoms with Crippen LogP contribution in [-0.4, -0.2) is 74.3 Å². The Balaban J connectivity index is 5.21. The van der Waals surface area contributed by atoms with Gasteiger partial charge in [-0.15, -0.1) is 0 Å².